The third-order valence-corrected chi connectivity index (χ3v) is 5.83. The second kappa shape index (κ2) is 9.40. The van der Waals surface area contributed by atoms with Crippen molar-refractivity contribution in [2.75, 3.05) is 13.2 Å². The van der Waals surface area contributed by atoms with Gasteiger partial charge in [-0.1, -0.05) is 23.4 Å². The minimum Gasteiger partial charge on any atom is -0.484 e. The maximum atomic E-state index is 12.9. The van der Waals surface area contributed by atoms with Crippen molar-refractivity contribution in [3.8, 4) is 17.1 Å². The summed E-state index contributed by atoms with van der Waals surface area (Å²) in [7, 11) is 0. The van der Waals surface area contributed by atoms with E-state index in [0.717, 1.165) is 32.1 Å². The molecule has 9 heteroatoms. The van der Waals surface area contributed by atoms with Crippen LogP contribution in [-0.2, 0) is 4.79 Å². The number of rotatable bonds is 7. The van der Waals surface area contributed by atoms with Gasteiger partial charge in [0, 0.05) is 30.5 Å². The van der Waals surface area contributed by atoms with Crippen LogP contribution in [0.4, 0.5) is 0 Å². The first-order valence-electron chi connectivity index (χ1n) is 11.2. The Labute approximate surface area is 191 Å². The molecule has 1 atom stereocenters. The van der Waals surface area contributed by atoms with Gasteiger partial charge in [-0.3, -0.25) is 14.6 Å². The number of nitrogens with one attached hydrogen (secondary N) is 1. The predicted molar refractivity (Wildman–Crippen MR) is 118 cm³/mol. The molecule has 0 spiro atoms. The number of piperidine rings is 1. The molecular formula is C24H25N5O4. The third kappa shape index (κ3) is 5.02. The van der Waals surface area contributed by atoms with E-state index < -0.39 is 0 Å². The van der Waals surface area contributed by atoms with Crippen molar-refractivity contribution in [3.05, 3.63) is 60.2 Å². The van der Waals surface area contributed by atoms with E-state index >= 15 is 0 Å². The van der Waals surface area contributed by atoms with E-state index in [0.29, 0.717) is 35.1 Å². The van der Waals surface area contributed by atoms with Gasteiger partial charge in [0.05, 0.1) is 5.56 Å². The molecule has 2 aliphatic rings. The van der Waals surface area contributed by atoms with Gasteiger partial charge < -0.3 is 19.5 Å². The van der Waals surface area contributed by atoms with Crippen LogP contribution in [0.25, 0.3) is 11.4 Å². The Hall–Kier alpha value is -3.75. The van der Waals surface area contributed by atoms with E-state index in [2.05, 4.69) is 20.4 Å². The number of para-hydroxylation sites is 1. The quantitative estimate of drug-likeness (QED) is 0.592. The molecule has 3 heterocycles. The molecule has 1 saturated heterocycles. The molecule has 0 radical (unpaired) electrons. The fraction of sp³-hybridized carbons (Fsp3) is 0.375. The largest absolute Gasteiger partial charge is 0.484 e. The number of ether oxygens (including phenoxy) is 1. The van der Waals surface area contributed by atoms with Crippen LogP contribution in [0, 0.1) is 0 Å². The van der Waals surface area contributed by atoms with Gasteiger partial charge in [0.25, 0.3) is 11.8 Å². The zero-order chi connectivity index (χ0) is 22.6. The van der Waals surface area contributed by atoms with Crippen molar-refractivity contribution in [1.82, 2.24) is 25.3 Å². The molecule has 2 amide bonds. The van der Waals surface area contributed by atoms with Gasteiger partial charge in [-0.05, 0) is 50.3 Å². The van der Waals surface area contributed by atoms with Gasteiger partial charge in [-0.25, -0.2) is 0 Å². The molecule has 170 valence electrons. The summed E-state index contributed by atoms with van der Waals surface area (Å²) in [6.07, 6.45) is 7.76. The second-order valence-electron chi connectivity index (χ2n) is 8.37. The standard InChI is InChI=1S/C24H25N5O4/c30-21(15-32-19-6-2-1-3-7-19)29-11-5-4-8-20(29)24-27-22(28-33-24)16-12-17(14-25-13-16)23(31)26-18-9-10-18/h1-3,6-7,12-14,18,20H,4-5,8-11,15H2,(H,26,31)/t20-/m1/s1. The number of nitrogens with zero attached hydrogens (tertiary/aromatic N) is 4. The van der Waals surface area contributed by atoms with Crippen LogP contribution in [0.2, 0.25) is 0 Å². The van der Waals surface area contributed by atoms with Gasteiger partial charge in [-0.2, -0.15) is 4.98 Å². The molecule has 0 bridgehead atoms. The maximum Gasteiger partial charge on any atom is 0.261 e. The molecule has 0 unspecified atom stereocenters. The number of benzene rings is 1. The van der Waals surface area contributed by atoms with E-state index in [4.69, 9.17) is 9.26 Å². The highest BCUT2D eigenvalue weighted by molar-refractivity contribution is 5.95. The number of hydrogen-bond donors (Lipinski definition) is 1. The fourth-order valence-corrected chi connectivity index (χ4v) is 3.90. The van der Waals surface area contributed by atoms with Crippen LogP contribution in [-0.4, -0.2) is 51.0 Å². The first-order valence-corrected chi connectivity index (χ1v) is 11.2. The van der Waals surface area contributed by atoms with Gasteiger partial charge >= 0.3 is 0 Å². The van der Waals surface area contributed by atoms with Crippen molar-refractivity contribution in [2.24, 2.45) is 0 Å². The number of carbonyl (C=O) groups is 2. The number of aromatic nitrogens is 3. The number of amides is 2. The van der Waals surface area contributed by atoms with E-state index in [9.17, 15) is 9.59 Å². The Balaban J connectivity index is 1.29. The first kappa shape index (κ1) is 21.1. The van der Waals surface area contributed by atoms with Crippen LogP contribution in [0.5, 0.6) is 5.75 Å². The van der Waals surface area contributed by atoms with E-state index in [-0.39, 0.29) is 30.5 Å². The summed E-state index contributed by atoms with van der Waals surface area (Å²) in [5.41, 5.74) is 1.05. The van der Waals surface area contributed by atoms with Crippen molar-refractivity contribution in [3.63, 3.8) is 0 Å². The summed E-state index contributed by atoms with van der Waals surface area (Å²) in [6, 6.07) is 10.9. The summed E-state index contributed by atoms with van der Waals surface area (Å²) >= 11 is 0. The lowest BCUT2D eigenvalue weighted by Gasteiger charge is -2.33. The lowest BCUT2D eigenvalue weighted by molar-refractivity contribution is -0.138. The zero-order valence-corrected chi connectivity index (χ0v) is 18.1. The van der Waals surface area contributed by atoms with Crippen molar-refractivity contribution >= 4 is 11.8 Å². The van der Waals surface area contributed by atoms with Gasteiger partial charge in [0.15, 0.2) is 6.61 Å². The Kier molecular flexibility index (Phi) is 6.01. The number of likely N-dealkylation sites (tertiary alicyclic amines) is 1. The molecule has 3 aromatic rings. The Morgan fingerprint density at radius 1 is 1.12 bits per heavy atom. The third-order valence-electron chi connectivity index (χ3n) is 5.83. The normalized spacial score (nSPS) is 18.1. The molecule has 2 fully saturated rings. The summed E-state index contributed by atoms with van der Waals surface area (Å²) in [4.78, 5) is 35.7. The molecular weight excluding hydrogens is 422 g/mol. The second-order valence-corrected chi connectivity index (χ2v) is 8.37. The fourth-order valence-electron chi connectivity index (χ4n) is 3.90. The maximum absolute atomic E-state index is 12.9. The molecule has 1 aliphatic carbocycles. The highest BCUT2D eigenvalue weighted by Gasteiger charge is 2.32. The van der Waals surface area contributed by atoms with Crippen LogP contribution in [0.1, 0.15) is 54.4 Å². The lowest BCUT2D eigenvalue weighted by atomic mass is 10.0. The molecule has 1 aliphatic heterocycles. The Bertz CT molecular complexity index is 1130. The average molecular weight is 447 g/mol. The van der Waals surface area contributed by atoms with Crippen LogP contribution in [0.15, 0.2) is 53.3 Å². The lowest BCUT2D eigenvalue weighted by Crippen LogP contribution is -2.41. The number of hydrogen-bond acceptors (Lipinski definition) is 7. The SMILES string of the molecule is O=C(NC1CC1)c1cncc(-c2noc([C@H]3CCCCN3C(=O)COc3ccccc3)n2)c1. The molecule has 1 saturated carbocycles. The topological polar surface area (TPSA) is 110 Å². The minimum atomic E-state index is -0.304. The van der Waals surface area contributed by atoms with E-state index in [1.54, 1.807) is 17.2 Å². The van der Waals surface area contributed by atoms with Gasteiger partial charge in [-0.15, -0.1) is 0 Å². The van der Waals surface area contributed by atoms with E-state index in [1.165, 1.54) is 6.20 Å². The monoisotopic (exact) mass is 447 g/mol. The Morgan fingerprint density at radius 2 is 1.97 bits per heavy atom. The number of pyridine rings is 1. The minimum absolute atomic E-state index is 0.0520. The van der Waals surface area contributed by atoms with Crippen LogP contribution < -0.4 is 10.1 Å². The van der Waals surface area contributed by atoms with Crippen molar-refractivity contribution in [2.45, 2.75) is 44.2 Å². The smallest absolute Gasteiger partial charge is 0.261 e. The summed E-state index contributed by atoms with van der Waals surface area (Å²) in [5.74, 6) is 1.10. The summed E-state index contributed by atoms with van der Waals surface area (Å²) < 4.78 is 11.2. The number of carbonyl (C=O) groups excluding carboxylic acids is 2. The predicted octanol–water partition coefficient (Wildman–Crippen LogP) is 3.16. The average Bonchev–Trinajstić information content (AvgIpc) is 3.54. The molecule has 5 rings (SSSR count). The van der Waals surface area contributed by atoms with E-state index in [1.807, 2.05) is 30.3 Å². The van der Waals surface area contributed by atoms with Crippen LogP contribution >= 0.6 is 0 Å². The molecule has 1 aromatic carbocycles. The van der Waals surface area contributed by atoms with Crippen LogP contribution in [0.3, 0.4) is 0 Å². The zero-order valence-electron chi connectivity index (χ0n) is 18.1. The van der Waals surface area contributed by atoms with Crippen molar-refractivity contribution in [1.29, 1.82) is 0 Å². The molecule has 9 nitrogen and oxygen atoms in total. The van der Waals surface area contributed by atoms with Crippen molar-refractivity contribution < 1.29 is 18.8 Å². The highest BCUT2D eigenvalue weighted by Crippen LogP contribution is 2.31. The summed E-state index contributed by atoms with van der Waals surface area (Å²) in [5, 5.41) is 7.04. The molecule has 1 N–H and O–H groups in total. The molecule has 2 aromatic heterocycles. The first-order chi connectivity index (χ1) is 16.2. The highest BCUT2D eigenvalue weighted by atomic mass is 16.5. The van der Waals surface area contributed by atoms with Gasteiger partial charge in [0.2, 0.25) is 11.7 Å². The Morgan fingerprint density at radius 3 is 2.79 bits per heavy atom. The molecule has 33 heavy (non-hydrogen) atoms. The summed E-state index contributed by atoms with van der Waals surface area (Å²) in [6.45, 7) is 0.557. The van der Waals surface area contributed by atoms with Gasteiger partial charge in [0.1, 0.15) is 11.8 Å².